The van der Waals surface area contributed by atoms with Gasteiger partial charge in [0.2, 0.25) is 0 Å². The zero-order valence-corrected chi connectivity index (χ0v) is 15.7. The molecule has 0 radical (unpaired) electrons. The zero-order valence-electron chi connectivity index (χ0n) is 14.9. The second-order valence-corrected chi connectivity index (χ2v) is 7.65. The van der Waals surface area contributed by atoms with E-state index in [0.717, 1.165) is 0 Å². The number of aliphatic hydroxyl groups excluding tert-OH is 1. The molecule has 0 aromatic heterocycles. The van der Waals surface area contributed by atoms with Crippen molar-refractivity contribution >= 4 is 10.1 Å². The van der Waals surface area contributed by atoms with Crippen molar-refractivity contribution in [3.8, 4) is 0 Å². The van der Waals surface area contributed by atoms with Crippen molar-refractivity contribution in [2.24, 2.45) is 5.92 Å². The lowest BCUT2D eigenvalue weighted by Gasteiger charge is -2.13. The van der Waals surface area contributed by atoms with Gasteiger partial charge in [-0.3, -0.25) is 4.55 Å². The molecule has 0 aliphatic rings. The summed E-state index contributed by atoms with van der Waals surface area (Å²) in [7, 11) is -3.67. The third-order valence-electron chi connectivity index (χ3n) is 3.69. The van der Waals surface area contributed by atoms with E-state index >= 15 is 0 Å². The molecule has 0 rings (SSSR count). The van der Waals surface area contributed by atoms with Crippen molar-refractivity contribution in [3.63, 3.8) is 0 Å². The maximum atomic E-state index is 9.32. The fraction of sp³-hybridized carbons (Fsp3) is 1.00. The second kappa shape index (κ2) is 17.2. The smallest absolute Gasteiger partial charge is 0.261 e. The van der Waals surface area contributed by atoms with Crippen LogP contribution in [-0.2, 0) is 10.1 Å². The Bertz CT molecular complexity index is 294. The van der Waals surface area contributed by atoms with E-state index < -0.39 is 10.1 Å². The highest BCUT2D eigenvalue weighted by atomic mass is 32.2. The molecule has 0 aliphatic heterocycles. The van der Waals surface area contributed by atoms with E-state index in [9.17, 15) is 13.5 Å². The highest BCUT2D eigenvalue weighted by Gasteiger charge is 2.06. The normalized spacial score (nSPS) is 12.6. The predicted molar refractivity (Wildman–Crippen MR) is 94.8 cm³/mol. The lowest BCUT2D eigenvalue weighted by Crippen LogP contribution is -2.06. The van der Waals surface area contributed by atoms with Crippen molar-refractivity contribution < 1.29 is 18.1 Å². The molecule has 0 saturated heterocycles. The number of rotatable bonds is 13. The van der Waals surface area contributed by atoms with Crippen LogP contribution in [-0.4, -0.2) is 30.9 Å². The Kier molecular flexibility index (Phi) is 18.9. The standard InChI is InChI=1S/C16H34O.CH4O3S/c1-3-5-7-9-10-12-14-16(15-17)13-11-8-6-4-2;1-5(2,3)4/h16-17H,3-15H2,1-2H3;1H3,(H,2,3,4). The third-order valence-corrected chi connectivity index (χ3v) is 3.69. The van der Waals surface area contributed by atoms with Gasteiger partial charge in [0.05, 0.1) is 6.26 Å². The average Bonchev–Trinajstić information content (AvgIpc) is 2.43. The van der Waals surface area contributed by atoms with E-state index in [1.54, 1.807) is 0 Å². The number of aliphatic hydroxyl groups is 1. The molecule has 136 valence electrons. The summed E-state index contributed by atoms with van der Waals surface area (Å²) in [6.45, 7) is 4.92. The maximum absolute atomic E-state index is 9.32. The van der Waals surface area contributed by atoms with Crippen molar-refractivity contribution in [2.45, 2.75) is 90.9 Å². The van der Waals surface area contributed by atoms with Gasteiger partial charge in [-0.05, 0) is 18.8 Å². The minimum Gasteiger partial charge on any atom is -0.396 e. The van der Waals surface area contributed by atoms with Crippen LogP contribution in [0.3, 0.4) is 0 Å². The SMILES string of the molecule is CCCCCCCCC(CO)CCCCCC.CS(=O)(=O)O. The molecule has 22 heavy (non-hydrogen) atoms. The van der Waals surface area contributed by atoms with Crippen molar-refractivity contribution in [2.75, 3.05) is 12.9 Å². The molecule has 1 atom stereocenters. The minimum absolute atomic E-state index is 0.404. The molecule has 5 heteroatoms. The predicted octanol–water partition coefficient (Wildman–Crippen LogP) is 4.82. The Labute approximate surface area is 138 Å². The van der Waals surface area contributed by atoms with Crippen LogP contribution in [0.25, 0.3) is 0 Å². The molecule has 4 nitrogen and oxygen atoms in total. The van der Waals surface area contributed by atoms with E-state index in [2.05, 4.69) is 13.8 Å². The number of unbranched alkanes of at least 4 members (excludes halogenated alkanes) is 8. The largest absolute Gasteiger partial charge is 0.396 e. The molecule has 0 aromatic carbocycles. The third kappa shape index (κ3) is 28.1. The topological polar surface area (TPSA) is 74.6 Å². The molecular weight excluding hydrogens is 300 g/mol. The molecule has 2 N–H and O–H groups in total. The van der Waals surface area contributed by atoms with Gasteiger partial charge in [-0.1, -0.05) is 78.1 Å². The molecule has 1 unspecified atom stereocenters. The first kappa shape index (κ1) is 24.1. The van der Waals surface area contributed by atoms with Gasteiger partial charge in [0.15, 0.2) is 0 Å². The molecule has 0 aliphatic carbocycles. The number of hydrogen-bond donors (Lipinski definition) is 2. The van der Waals surface area contributed by atoms with Crippen molar-refractivity contribution in [1.29, 1.82) is 0 Å². The lowest BCUT2D eigenvalue weighted by atomic mass is 9.95. The summed E-state index contributed by atoms with van der Waals surface area (Å²) in [5.41, 5.74) is 0. The molecule has 0 bridgehead atoms. The first-order valence-electron chi connectivity index (χ1n) is 8.88. The van der Waals surface area contributed by atoms with E-state index in [4.69, 9.17) is 4.55 Å². The first-order valence-corrected chi connectivity index (χ1v) is 10.7. The molecule has 0 spiro atoms. The summed E-state index contributed by atoms with van der Waals surface area (Å²) in [4.78, 5) is 0. The van der Waals surface area contributed by atoms with Gasteiger partial charge in [0.25, 0.3) is 10.1 Å². The monoisotopic (exact) mass is 338 g/mol. The van der Waals surface area contributed by atoms with E-state index in [0.29, 0.717) is 18.8 Å². The Balaban J connectivity index is 0. The molecule has 0 heterocycles. The molecule has 0 amide bonds. The van der Waals surface area contributed by atoms with Crippen molar-refractivity contribution in [3.05, 3.63) is 0 Å². The zero-order chi connectivity index (χ0) is 17.3. The van der Waals surface area contributed by atoms with Crippen LogP contribution in [0, 0.1) is 5.92 Å². The average molecular weight is 339 g/mol. The van der Waals surface area contributed by atoms with Crippen molar-refractivity contribution in [1.82, 2.24) is 0 Å². The van der Waals surface area contributed by atoms with Crippen LogP contribution in [0.1, 0.15) is 90.9 Å². The highest BCUT2D eigenvalue weighted by Crippen LogP contribution is 2.18. The number of hydrogen-bond acceptors (Lipinski definition) is 3. The first-order chi connectivity index (χ1) is 10.3. The Morgan fingerprint density at radius 2 is 1.09 bits per heavy atom. The van der Waals surface area contributed by atoms with E-state index in [-0.39, 0.29) is 0 Å². The summed E-state index contributed by atoms with van der Waals surface area (Å²) in [6, 6.07) is 0. The van der Waals surface area contributed by atoms with E-state index in [1.807, 2.05) is 0 Å². The summed E-state index contributed by atoms with van der Waals surface area (Å²) in [5.74, 6) is 0.582. The Morgan fingerprint density at radius 1 is 0.773 bits per heavy atom. The van der Waals surface area contributed by atoms with Crippen LogP contribution in [0.5, 0.6) is 0 Å². The summed E-state index contributed by atoms with van der Waals surface area (Å²) < 4.78 is 25.9. The summed E-state index contributed by atoms with van der Waals surface area (Å²) >= 11 is 0. The van der Waals surface area contributed by atoms with Gasteiger partial charge in [-0.15, -0.1) is 0 Å². The van der Waals surface area contributed by atoms with Gasteiger partial charge in [0, 0.05) is 6.61 Å². The minimum atomic E-state index is -3.67. The maximum Gasteiger partial charge on any atom is 0.261 e. The van der Waals surface area contributed by atoms with Gasteiger partial charge in [-0.25, -0.2) is 0 Å². The van der Waals surface area contributed by atoms with Crippen LogP contribution < -0.4 is 0 Å². The van der Waals surface area contributed by atoms with Gasteiger partial charge in [-0.2, -0.15) is 8.42 Å². The fourth-order valence-corrected chi connectivity index (χ4v) is 2.40. The van der Waals surface area contributed by atoms with Crippen LogP contribution >= 0.6 is 0 Å². The van der Waals surface area contributed by atoms with Crippen LogP contribution in [0.2, 0.25) is 0 Å². The van der Waals surface area contributed by atoms with Crippen LogP contribution in [0.15, 0.2) is 0 Å². The highest BCUT2D eigenvalue weighted by molar-refractivity contribution is 7.85. The van der Waals surface area contributed by atoms with Gasteiger partial charge < -0.3 is 5.11 Å². The second-order valence-electron chi connectivity index (χ2n) is 6.19. The molecule has 0 aromatic rings. The summed E-state index contributed by atoms with van der Waals surface area (Å²) in [6.07, 6.45) is 16.7. The Hall–Kier alpha value is -0.130. The molecular formula is C17H38O4S. The molecule has 0 saturated carbocycles. The fourth-order valence-electron chi connectivity index (χ4n) is 2.40. The summed E-state index contributed by atoms with van der Waals surface area (Å²) in [5, 5.41) is 9.32. The Morgan fingerprint density at radius 3 is 1.45 bits per heavy atom. The van der Waals surface area contributed by atoms with Gasteiger partial charge in [0.1, 0.15) is 0 Å². The molecule has 0 fully saturated rings. The lowest BCUT2D eigenvalue weighted by molar-refractivity contribution is 0.204. The van der Waals surface area contributed by atoms with Gasteiger partial charge >= 0.3 is 0 Å². The van der Waals surface area contributed by atoms with E-state index in [1.165, 1.54) is 77.0 Å². The van der Waals surface area contributed by atoms with Crippen LogP contribution in [0.4, 0.5) is 0 Å². The quantitative estimate of drug-likeness (QED) is 0.373.